The molecule has 0 spiro atoms. The Hall–Kier alpha value is -1.20. The molecule has 0 fully saturated rings. The minimum absolute atomic E-state index is 0.105. The number of hydrogen-bond acceptors (Lipinski definition) is 3. The Kier molecular flexibility index (Phi) is 3.26. The summed E-state index contributed by atoms with van der Waals surface area (Å²) in [6, 6.07) is 5.88. The van der Waals surface area contributed by atoms with Gasteiger partial charge in [0.05, 0.1) is 0 Å². The van der Waals surface area contributed by atoms with Crippen molar-refractivity contribution in [2.24, 2.45) is 11.5 Å². The van der Waals surface area contributed by atoms with E-state index in [0.29, 0.717) is 11.1 Å². The van der Waals surface area contributed by atoms with Gasteiger partial charge in [-0.2, -0.15) is 0 Å². The van der Waals surface area contributed by atoms with Crippen molar-refractivity contribution >= 4 is 13.4 Å². The van der Waals surface area contributed by atoms with Gasteiger partial charge in [-0.3, -0.25) is 9.97 Å². The second-order valence-corrected chi connectivity index (χ2v) is 4.80. The first-order valence-corrected chi connectivity index (χ1v) is 5.75. The predicted octanol–water partition coefficient (Wildman–Crippen LogP) is 0.106. The number of nitrogens with one attached hydrogen (secondary N) is 1. The normalized spacial score (nSPS) is 13.5. The number of benzene rings is 1. The molecule has 0 heterocycles. The molecule has 0 aliphatic carbocycles. The van der Waals surface area contributed by atoms with E-state index in [1.54, 1.807) is 0 Å². The Morgan fingerprint density at radius 2 is 1.80 bits per heavy atom. The van der Waals surface area contributed by atoms with Crippen molar-refractivity contribution in [3.05, 3.63) is 35.4 Å². The van der Waals surface area contributed by atoms with Crippen LogP contribution < -0.4 is 11.5 Å². The molecule has 7 N–H and O–H groups in total. The van der Waals surface area contributed by atoms with E-state index in [-0.39, 0.29) is 5.84 Å². The van der Waals surface area contributed by atoms with Crippen LogP contribution in [0.4, 0.5) is 0 Å². The van der Waals surface area contributed by atoms with Crippen molar-refractivity contribution in [3.63, 3.8) is 0 Å². The SMILES string of the molecule is N=C(N)c1ccc(C(N)P(=O)(O)O)cc1. The van der Waals surface area contributed by atoms with Gasteiger partial charge in [-0.25, -0.2) is 0 Å². The molecular weight excluding hydrogens is 217 g/mol. The Balaban J connectivity index is 2.99. The topological polar surface area (TPSA) is 133 Å². The second kappa shape index (κ2) is 4.12. The summed E-state index contributed by atoms with van der Waals surface area (Å²) in [6.45, 7) is 0. The Morgan fingerprint density at radius 1 is 1.33 bits per heavy atom. The lowest BCUT2D eigenvalue weighted by atomic mass is 10.1. The fraction of sp³-hybridized carbons (Fsp3) is 0.125. The molecule has 1 atom stereocenters. The highest BCUT2D eigenvalue weighted by Gasteiger charge is 2.25. The van der Waals surface area contributed by atoms with Gasteiger partial charge in [0.1, 0.15) is 11.6 Å². The second-order valence-electron chi connectivity index (χ2n) is 3.07. The average Bonchev–Trinajstić information content (AvgIpc) is 2.15. The fourth-order valence-corrected chi connectivity index (χ4v) is 1.61. The summed E-state index contributed by atoms with van der Waals surface area (Å²) in [7, 11) is -4.32. The van der Waals surface area contributed by atoms with Crippen molar-refractivity contribution in [1.82, 2.24) is 0 Å². The summed E-state index contributed by atoms with van der Waals surface area (Å²) in [5.74, 6) is -1.44. The van der Waals surface area contributed by atoms with Crippen molar-refractivity contribution in [2.75, 3.05) is 0 Å². The lowest BCUT2D eigenvalue weighted by molar-refractivity contribution is 0.359. The van der Waals surface area contributed by atoms with E-state index < -0.39 is 13.4 Å². The monoisotopic (exact) mass is 229 g/mol. The number of nitrogens with two attached hydrogens (primary N) is 2. The molecule has 0 saturated carbocycles. The molecule has 0 aliphatic heterocycles. The lowest BCUT2D eigenvalue weighted by Gasteiger charge is -2.13. The van der Waals surface area contributed by atoms with E-state index in [4.69, 9.17) is 26.7 Å². The summed E-state index contributed by atoms with van der Waals surface area (Å²) < 4.78 is 10.9. The molecule has 1 aromatic rings. The maximum Gasteiger partial charge on any atom is 0.346 e. The Labute approximate surface area is 86.6 Å². The van der Waals surface area contributed by atoms with E-state index in [2.05, 4.69) is 0 Å². The third kappa shape index (κ3) is 2.87. The largest absolute Gasteiger partial charge is 0.384 e. The predicted molar refractivity (Wildman–Crippen MR) is 56.4 cm³/mol. The molecule has 6 nitrogen and oxygen atoms in total. The van der Waals surface area contributed by atoms with Crippen molar-refractivity contribution < 1.29 is 14.4 Å². The first kappa shape index (κ1) is 11.9. The number of amidine groups is 1. The quantitative estimate of drug-likeness (QED) is 0.285. The first-order valence-electron chi connectivity index (χ1n) is 4.07. The van der Waals surface area contributed by atoms with Crippen LogP contribution in [0.15, 0.2) is 24.3 Å². The van der Waals surface area contributed by atoms with Gasteiger partial charge in [0.25, 0.3) is 0 Å². The van der Waals surface area contributed by atoms with Gasteiger partial charge >= 0.3 is 7.60 Å². The van der Waals surface area contributed by atoms with Gasteiger partial charge < -0.3 is 21.3 Å². The van der Waals surface area contributed by atoms with Crippen molar-refractivity contribution in [2.45, 2.75) is 5.78 Å². The van der Waals surface area contributed by atoms with Crippen molar-refractivity contribution in [3.8, 4) is 0 Å². The summed E-state index contributed by atoms with van der Waals surface area (Å²) in [6.07, 6.45) is 0. The molecule has 0 amide bonds. The van der Waals surface area contributed by atoms with Crippen LogP contribution in [-0.2, 0) is 4.57 Å². The highest BCUT2D eigenvalue weighted by atomic mass is 31.2. The fourth-order valence-electron chi connectivity index (χ4n) is 1.05. The highest BCUT2D eigenvalue weighted by molar-refractivity contribution is 7.52. The van der Waals surface area contributed by atoms with Crippen LogP contribution in [0.2, 0.25) is 0 Å². The van der Waals surface area contributed by atoms with Crippen LogP contribution in [0, 0.1) is 5.41 Å². The molecule has 0 aliphatic rings. The molecule has 1 unspecified atom stereocenters. The summed E-state index contributed by atoms with van der Waals surface area (Å²) in [5, 5.41) is 7.13. The number of hydrogen-bond donors (Lipinski definition) is 5. The van der Waals surface area contributed by atoms with Crippen LogP contribution >= 0.6 is 7.60 Å². The van der Waals surface area contributed by atoms with Crippen LogP contribution in [0.1, 0.15) is 16.9 Å². The van der Waals surface area contributed by atoms with Crippen LogP contribution in [0.3, 0.4) is 0 Å². The molecule has 0 radical (unpaired) electrons. The molecule has 0 aromatic heterocycles. The molecule has 15 heavy (non-hydrogen) atoms. The summed E-state index contributed by atoms with van der Waals surface area (Å²) >= 11 is 0. The average molecular weight is 229 g/mol. The number of nitrogen functional groups attached to an aromatic ring is 1. The van der Waals surface area contributed by atoms with E-state index in [9.17, 15) is 4.57 Å². The van der Waals surface area contributed by atoms with E-state index in [1.807, 2.05) is 0 Å². The highest BCUT2D eigenvalue weighted by Crippen LogP contribution is 2.47. The Bertz CT molecular complexity index is 412. The summed E-state index contributed by atoms with van der Waals surface area (Å²) in [4.78, 5) is 17.7. The third-order valence-corrected chi connectivity index (χ3v) is 2.95. The molecule has 1 rings (SSSR count). The van der Waals surface area contributed by atoms with Gasteiger partial charge in [-0.1, -0.05) is 24.3 Å². The van der Waals surface area contributed by atoms with E-state index >= 15 is 0 Å². The summed E-state index contributed by atoms with van der Waals surface area (Å²) in [5.41, 5.74) is 11.4. The smallest absolute Gasteiger partial charge is 0.346 e. The zero-order chi connectivity index (χ0) is 11.6. The molecule has 82 valence electrons. The lowest BCUT2D eigenvalue weighted by Crippen LogP contribution is -2.13. The first-order chi connectivity index (χ1) is 6.82. The minimum atomic E-state index is -4.32. The Morgan fingerprint density at radius 3 is 2.13 bits per heavy atom. The zero-order valence-corrected chi connectivity index (χ0v) is 8.69. The van der Waals surface area contributed by atoms with Crippen LogP contribution in [-0.4, -0.2) is 15.6 Å². The molecular formula is C8H12N3O3P. The van der Waals surface area contributed by atoms with Gasteiger partial charge in [0, 0.05) is 5.56 Å². The van der Waals surface area contributed by atoms with Crippen LogP contribution in [0.5, 0.6) is 0 Å². The minimum Gasteiger partial charge on any atom is -0.384 e. The van der Waals surface area contributed by atoms with Gasteiger partial charge in [-0.15, -0.1) is 0 Å². The maximum atomic E-state index is 10.9. The maximum absolute atomic E-state index is 10.9. The van der Waals surface area contributed by atoms with E-state index in [1.165, 1.54) is 24.3 Å². The van der Waals surface area contributed by atoms with Gasteiger partial charge in [0.2, 0.25) is 0 Å². The molecule has 0 saturated heterocycles. The van der Waals surface area contributed by atoms with Crippen LogP contribution in [0.25, 0.3) is 0 Å². The van der Waals surface area contributed by atoms with Gasteiger partial charge in [0.15, 0.2) is 0 Å². The zero-order valence-electron chi connectivity index (χ0n) is 7.79. The number of rotatable bonds is 3. The third-order valence-electron chi connectivity index (χ3n) is 1.93. The van der Waals surface area contributed by atoms with Crippen molar-refractivity contribution in [1.29, 1.82) is 5.41 Å². The van der Waals surface area contributed by atoms with E-state index in [0.717, 1.165) is 0 Å². The molecule has 7 heteroatoms. The standard InChI is InChI=1S/C8H12N3O3P/c9-7(10)5-1-3-6(4-2-5)8(11)15(12,13)14/h1-4,8H,11H2,(H3,9,10)(H2,12,13,14). The van der Waals surface area contributed by atoms with Gasteiger partial charge in [-0.05, 0) is 5.56 Å². The molecule has 0 bridgehead atoms. The molecule has 1 aromatic carbocycles.